The minimum Gasteiger partial charge on any atom is -0.145 e. The normalized spacial score (nSPS) is 17.5. The van der Waals surface area contributed by atoms with Crippen LogP contribution in [-0.4, -0.2) is 32.3 Å². The molecule has 0 radical (unpaired) electrons. The van der Waals surface area contributed by atoms with Crippen LogP contribution in [0.25, 0.3) is 20.9 Å². The lowest BCUT2D eigenvalue weighted by atomic mass is 10.1. The molecule has 284 valence electrons. The Labute approximate surface area is 328 Å². The molecule has 0 saturated carbocycles. The number of benzene rings is 1. The van der Waals surface area contributed by atoms with Crippen molar-refractivity contribution in [2.45, 2.75) is 200 Å². The number of hydrogen-bond donors (Lipinski definition) is 0. The Kier molecular flexibility index (Phi) is 14.7. The summed E-state index contributed by atoms with van der Waals surface area (Å²) in [6, 6.07) is 15.9. The molecule has 2 aliphatic rings. The highest BCUT2D eigenvalue weighted by Gasteiger charge is 2.50. The smallest absolute Gasteiger partial charge is 0.120 e. The third-order valence-electron chi connectivity index (χ3n) is 12.8. The topological polar surface area (TPSA) is 0 Å². The second-order valence-corrected chi connectivity index (χ2v) is 40.5. The van der Waals surface area contributed by atoms with E-state index >= 15 is 0 Å². The highest BCUT2D eigenvalue weighted by molar-refractivity contribution is 7.33. The van der Waals surface area contributed by atoms with E-state index in [9.17, 15) is 0 Å². The molecule has 0 aliphatic carbocycles. The van der Waals surface area contributed by atoms with Crippen molar-refractivity contribution in [1.29, 1.82) is 0 Å². The van der Waals surface area contributed by atoms with Crippen molar-refractivity contribution in [1.82, 2.24) is 0 Å². The predicted octanol–water partition coefficient (Wildman–Crippen LogP) is 12.7. The lowest BCUT2D eigenvalue weighted by Gasteiger charge is -2.31. The molecule has 5 rings (SSSR count). The van der Waals surface area contributed by atoms with Gasteiger partial charge in [-0.3, -0.25) is 0 Å². The Balaban J connectivity index is 1.61. The highest BCUT2D eigenvalue weighted by Crippen LogP contribution is 2.42. The summed E-state index contributed by atoms with van der Waals surface area (Å²) in [6.45, 7) is 25.4. The first kappa shape index (κ1) is 41.6. The number of fused-ring (bicyclic) bond motifs is 6. The summed E-state index contributed by atoms with van der Waals surface area (Å²) >= 11 is 4.50. The van der Waals surface area contributed by atoms with E-state index in [0.717, 1.165) is 0 Å². The third kappa shape index (κ3) is 9.14. The van der Waals surface area contributed by atoms with E-state index in [2.05, 4.69) is 114 Å². The van der Waals surface area contributed by atoms with Crippen LogP contribution in [0.3, 0.4) is 0 Å². The fraction of sp³-hybridized carbons (Fsp3) is 0.689. The van der Waals surface area contributed by atoms with Crippen LogP contribution < -0.4 is 29.7 Å². The van der Waals surface area contributed by atoms with Gasteiger partial charge in [-0.25, -0.2) is 0 Å². The van der Waals surface area contributed by atoms with Crippen LogP contribution in [0, 0.1) is 0 Å². The fourth-order valence-electron chi connectivity index (χ4n) is 9.41. The van der Waals surface area contributed by atoms with Crippen molar-refractivity contribution in [3.8, 4) is 20.9 Å². The van der Waals surface area contributed by atoms with E-state index in [1.54, 1.807) is 29.9 Å². The van der Waals surface area contributed by atoms with Crippen molar-refractivity contribution in [3.63, 3.8) is 0 Å². The summed E-state index contributed by atoms with van der Waals surface area (Å²) in [5.41, 5.74) is 3.46. The molecule has 0 nitrogen and oxygen atoms in total. The zero-order valence-electron chi connectivity index (χ0n) is 35.0. The maximum absolute atomic E-state index is 2.93. The Morgan fingerprint density at radius 1 is 0.431 bits per heavy atom. The summed E-state index contributed by atoms with van der Waals surface area (Å²) in [4.78, 5) is 3.48. The van der Waals surface area contributed by atoms with Gasteiger partial charge in [0.05, 0.1) is 16.1 Å². The average molecular weight is 794 g/mol. The molecule has 1 atom stereocenters. The monoisotopic (exact) mass is 792 g/mol. The van der Waals surface area contributed by atoms with Gasteiger partial charge in [0.1, 0.15) is 16.1 Å². The van der Waals surface area contributed by atoms with Crippen LogP contribution in [0.5, 0.6) is 0 Å². The number of thiophene rings is 2. The Bertz CT molecular complexity index is 1550. The van der Waals surface area contributed by atoms with E-state index in [1.807, 2.05) is 20.7 Å². The van der Waals surface area contributed by atoms with Gasteiger partial charge in [-0.15, -0.1) is 22.7 Å². The van der Waals surface area contributed by atoms with Gasteiger partial charge in [-0.05, 0) is 59.0 Å². The molecule has 2 aliphatic heterocycles. The molecule has 0 N–H and O–H groups in total. The number of rotatable bonds is 23. The van der Waals surface area contributed by atoms with Crippen LogP contribution in [0.2, 0.25) is 64.0 Å². The first-order valence-corrected chi connectivity index (χ1v) is 35.6. The van der Waals surface area contributed by atoms with Crippen LogP contribution >= 0.6 is 22.7 Å². The Morgan fingerprint density at radius 3 is 1.27 bits per heavy atom. The van der Waals surface area contributed by atoms with Crippen LogP contribution in [-0.2, 0) is 0 Å². The molecule has 0 fully saturated rings. The van der Waals surface area contributed by atoms with E-state index in [0.29, 0.717) is 0 Å². The molecule has 4 heterocycles. The molecule has 2 aromatic heterocycles. The first-order chi connectivity index (χ1) is 24.3. The molecule has 3 aromatic rings. The van der Waals surface area contributed by atoms with Gasteiger partial charge in [0.15, 0.2) is 0 Å². The van der Waals surface area contributed by atoms with Crippen LogP contribution in [0.15, 0.2) is 24.3 Å². The summed E-state index contributed by atoms with van der Waals surface area (Å²) in [6.07, 6.45) is 25.4. The summed E-state index contributed by atoms with van der Waals surface area (Å²) in [5, 5.41) is 7.46. The second kappa shape index (κ2) is 18.0. The van der Waals surface area contributed by atoms with E-state index in [4.69, 9.17) is 0 Å². The highest BCUT2D eigenvalue weighted by atomic mass is 32.1. The van der Waals surface area contributed by atoms with Gasteiger partial charge < -0.3 is 0 Å². The fourth-order valence-corrected chi connectivity index (χ4v) is 27.2. The molecule has 0 saturated heterocycles. The van der Waals surface area contributed by atoms with Gasteiger partial charge >= 0.3 is 0 Å². The molecule has 1 unspecified atom stereocenters. The maximum atomic E-state index is 2.93. The second-order valence-electron chi connectivity index (χ2n) is 19.1. The molecule has 0 bridgehead atoms. The predicted molar refractivity (Wildman–Crippen MR) is 249 cm³/mol. The zero-order chi connectivity index (χ0) is 36.9. The molecule has 0 spiro atoms. The van der Waals surface area contributed by atoms with Crippen molar-refractivity contribution < 1.29 is 0 Å². The van der Waals surface area contributed by atoms with Gasteiger partial charge in [-0.1, -0.05) is 206 Å². The van der Waals surface area contributed by atoms with Gasteiger partial charge in [0.25, 0.3) is 0 Å². The quantitative estimate of drug-likeness (QED) is 0.0663. The summed E-state index contributed by atoms with van der Waals surface area (Å²) < 4.78 is 3.52. The van der Waals surface area contributed by atoms with Gasteiger partial charge in [-0.2, -0.15) is 0 Å². The van der Waals surface area contributed by atoms with E-state index in [-0.39, 0.29) is 0 Å². The van der Waals surface area contributed by atoms with E-state index < -0.39 is 32.3 Å². The maximum Gasteiger partial charge on any atom is 0.120 e. The lowest BCUT2D eigenvalue weighted by molar-refractivity contribution is 0.616. The summed E-state index contributed by atoms with van der Waals surface area (Å²) in [5.74, 6) is 0. The lowest BCUT2D eigenvalue weighted by Crippen LogP contribution is -2.56. The van der Waals surface area contributed by atoms with Crippen molar-refractivity contribution in [2.75, 3.05) is 0 Å². The van der Waals surface area contributed by atoms with Crippen LogP contribution in [0.4, 0.5) is 0 Å². The third-order valence-corrected chi connectivity index (χ3v) is 32.4. The van der Waals surface area contributed by atoms with Crippen molar-refractivity contribution >= 4 is 84.7 Å². The molecule has 6 heteroatoms. The standard InChI is InChI=1S/C45H76S2Si4/c1-11-14-17-20-23-26-29-50(10)38-32-37-39(33-36(38)44-40(50)34-42(46-44)48(4,5)6)51(30-27-24-21-18-15-12-2,31-28-25-22-19-16-13-3)41-35-43(47-45(37)41)49(7,8)9/h32-35H,11-31H2,1-10H3. The zero-order valence-corrected chi connectivity index (χ0v) is 40.6. The minimum atomic E-state index is -1.89. The van der Waals surface area contributed by atoms with Gasteiger partial charge in [0.2, 0.25) is 0 Å². The first-order valence-electron chi connectivity index (χ1n) is 21.8. The average Bonchev–Trinajstić information content (AvgIpc) is 3.83. The molecule has 0 amide bonds. The Hall–Kier alpha value is -0.512. The largest absolute Gasteiger partial charge is 0.145 e. The van der Waals surface area contributed by atoms with Crippen molar-refractivity contribution in [3.05, 3.63) is 24.3 Å². The molecule has 1 aromatic carbocycles. The minimum absolute atomic E-state index is 1.34. The SMILES string of the molecule is CCCCCCCC[Si]1(C)c2cc3c(cc2-c2sc([Si](C)(C)C)cc21)[Si](CCCCCCCC)(CCCCCCCC)c1cc([Si](C)(C)C)sc1-3. The Morgan fingerprint density at radius 2 is 0.804 bits per heavy atom. The van der Waals surface area contributed by atoms with Crippen LogP contribution in [0.1, 0.15) is 136 Å². The van der Waals surface area contributed by atoms with Gasteiger partial charge in [0, 0.05) is 9.75 Å². The summed E-state index contributed by atoms with van der Waals surface area (Å²) in [7, 11) is -6.51. The molecule has 51 heavy (non-hydrogen) atoms. The van der Waals surface area contributed by atoms with E-state index in [1.165, 1.54) is 134 Å². The van der Waals surface area contributed by atoms with Crippen molar-refractivity contribution in [2.24, 2.45) is 0 Å². The number of hydrogen-bond acceptors (Lipinski definition) is 2. The molecular formula is C45H76S2Si4. The number of unbranched alkanes of at least 4 members (excludes halogenated alkanes) is 15. The molecular weight excluding hydrogens is 717 g/mol.